The van der Waals surface area contributed by atoms with Crippen LogP contribution in [0.25, 0.3) is 0 Å². The summed E-state index contributed by atoms with van der Waals surface area (Å²) in [7, 11) is -2.69. The van der Waals surface area contributed by atoms with Crippen LogP contribution in [-0.4, -0.2) is 74.2 Å². The molecule has 10 nitrogen and oxygen atoms in total. The number of hydrogen-bond acceptors (Lipinski definition) is 6. The number of aliphatic hydroxyl groups is 1. The van der Waals surface area contributed by atoms with E-state index in [9.17, 15) is 36.3 Å². The number of ether oxygens (including phenoxy) is 1. The summed E-state index contributed by atoms with van der Waals surface area (Å²) in [4.78, 5) is 29.3. The van der Waals surface area contributed by atoms with Crippen molar-refractivity contribution in [1.82, 2.24) is 9.80 Å². The molecule has 0 saturated heterocycles. The molecule has 0 unspecified atom stereocenters. The van der Waals surface area contributed by atoms with E-state index >= 15 is 0 Å². The molecule has 1 heterocycles. The molecular weight excluding hydrogens is 637 g/mol. The van der Waals surface area contributed by atoms with Crippen LogP contribution in [0.1, 0.15) is 29.8 Å². The third kappa shape index (κ3) is 7.99. The molecular formula is C30H32ClF3N4O6S. The molecule has 0 radical (unpaired) electrons. The molecule has 4 rings (SSSR count). The van der Waals surface area contributed by atoms with Gasteiger partial charge in [-0.15, -0.1) is 0 Å². The van der Waals surface area contributed by atoms with Gasteiger partial charge in [0.1, 0.15) is 6.10 Å². The summed E-state index contributed by atoms with van der Waals surface area (Å²) in [6.07, 6.45) is -5.32. The van der Waals surface area contributed by atoms with E-state index in [2.05, 4.69) is 10.0 Å². The van der Waals surface area contributed by atoms with Gasteiger partial charge < -0.3 is 25.0 Å². The molecule has 0 bridgehead atoms. The molecule has 1 aliphatic rings. The van der Waals surface area contributed by atoms with Crippen LogP contribution in [0, 0.1) is 5.92 Å². The molecule has 3 amide bonds. The second-order valence-electron chi connectivity index (χ2n) is 10.8. The molecule has 0 fully saturated rings. The SMILES string of the molecule is C[C@H](CO)N1C[C@H](C)[C@H](CN(C)C(=O)Nc2ccc(C(F)(F)F)cc2)Oc2c(NS(=O)(=O)c3ccc(Cl)cc3)cccc2C1=O. The van der Waals surface area contributed by atoms with Crippen LogP contribution in [0.4, 0.5) is 29.3 Å². The Labute approximate surface area is 263 Å². The number of hydrogen-bond donors (Lipinski definition) is 3. The van der Waals surface area contributed by atoms with Crippen molar-refractivity contribution in [3.8, 4) is 5.75 Å². The minimum atomic E-state index is -4.52. The highest BCUT2D eigenvalue weighted by Gasteiger charge is 2.36. The maximum Gasteiger partial charge on any atom is 0.416 e. The lowest BCUT2D eigenvalue weighted by molar-refractivity contribution is -0.137. The highest BCUT2D eigenvalue weighted by Crippen LogP contribution is 2.36. The van der Waals surface area contributed by atoms with Crippen LogP contribution < -0.4 is 14.8 Å². The first-order valence-corrected chi connectivity index (χ1v) is 15.7. The summed E-state index contributed by atoms with van der Waals surface area (Å²) in [5, 5.41) is 12.8. The van der Waals surface area contributed by atoms with E-state index in [1.54, 1.807) is 13.8 Å². The van der Waals surface area contributed by atoms with Gasteiger partial charge in [0.2, 0.25) is 0 Å². The maximum atomic E-state index is 13.7. The topological polar surface area (TPSA) is 128 Å². The van der Waals surface area contributed by atoms with Gasteiger partial charge in [-0.1, -0.05) is 24.6 Å². The predicted molar refractivity (Wildman–Crippen MR) is 163 cm³/mol. The lowest BCUT2D eigenvalue weighted by Gasteiger charge is -2.38. The van der Waals surface area contributed by atoms with Gasteiger partial charge in [-0.2, -0.15) is 13.2 Å². The van der Waals surface area contributed by atoms with Gasteiger partial charge in [-0.25, -0.2) is 13.2 Å². The van der Waals surface area contributed by atoms with Crippen LogP contribution in [0.2, 0.25) is 5.02 Å². The predicted octanol–water partition coefficient (Wildman–Crippen LogP) is 5.54. The van der Waals surface area contributed by atoms with Crippen molar-refractivity contribution < 1.29 is 41.0 Å². The molecule has 0 spiro atoms. The van der Waals surface area contributed by atoms with E-state index in [0.29, 0.717) is 5.02 Å². The zero-order chi connectivity index (χ0) is 33.1. The highest BCUT2D eigenvalue weighted by molar-refractivity contribution is 7.92. The number of carbonyl (C=O) groups is 2. The first-order valence-electron chi connectivity index (χ1n) is 13.8. The fourth-order valence-electron chi connectivity index (χ4n) is 4.67. The summed E-state index contributed by atoms with van der Waals surface area (Å²) in [6, 6.07) is 12.6. The van der Waals surface area contributed by atoms with Gasteiger partial charge in [-0.3, -0.25) is 9.52 Å². The van der Waals surface area contributed by atoms with Crippen LogP contribution >= 0.6 is 11.6 Å². The molecule has 0 saturated carbocycles. The number of benzene rings is 3. The van der Waals surface area contributed by atoms with Crippen molar-refractivity contribution in [2.75, 3.05) is 36.8 Å². The number of aliphatic hydroxyl groups excluding tert-OH is 1. The Morgan fingerprint density at radius 3 is 2.38 bits per heavy atom. The van der Waals surface area contributed by atoms with Crippen molar-refractivity contribution in [3.63, 3.8) is 0 Å². The number of sulfonamides is 1. The monoisotopic (exact) mass is 668 g/mol. The minimum Gasteiger partial charge on any atom is -0.485 e. The number of halogens is 4. The maximum absolute atomic E-state index is 13.7. The molecule has 242 valence electrons. The Morgan fingerprint density at radius 2 is 1.78 bits per heavy atom. The molecule has 3 N–H and O–H groups in total. The van der Waals surface area contributed by atoms with Crippen molar-refractivity contribution in [2.45, 2.75) is 37.1 Å². The first-order chi connectivity index (χ1) is 21.1. The Hall–Kier alpha value is -4.01. The van der Waals surface area contributed by atoms with E-state index in [1.807, 2.05) is 0 Å². The molecule has 0 aromatic heterocycles. The molecule has 3 aromatic rings. The quantitative estimate of drug-likeness (QED) is 0.289. The number of amides is 3. The van der Waals surface area contributed by atoms with E-state index < -0.39 is 51.8 Å². The van der Waals surface area contributed by atoms with E-state index in [-0.39, 0.29) is 47.3 Å². The average Bonchev–Trinajstić information content (AvgIpc) is 2.98. The van der Waals surface area contributed by atoms with Crippen molar-refractivity contribution >= 4 is 44.9 Å². The van der Waals surface area contributed by atoms with E-state index in [4.69, 9.17) is 16.3 Å². The standard InChI is InChI=1S/C30H32ClF3N4O6S/c1-18-15-38(19(2)17-39)28(40)24-5-4-6-25(36-45(42,43)23-13-9-21(31)10-14-23)27(24)44-26(18)16-37(3)29(41)35-22-11-7-20(8-12-22)30(32,33)34/h4-14,18-19,26,36,39H,15-17H2,1-3H3,(H,35,41)/t18-,19+,26-/m0/s1. The summed E-state index contributed by atoms with van der Waals surface area (Å²) in [5.74, 6) is -0.987. The van der Waals surface area contributed by atoms with E-state index in [0.717, 1.165) is 24.3 Å². The van der Waals surface area contributed by atoms with Crippen molar-refractivity contribution in [2.24, 2.45) is 5.92 Å². The van der Waals surface area contributed by atoms with Gasteiger partial charge in [0.05, 0.1) is 40.9 Å². The van der Waals surface area contributed by atoms with Gasteiger partial charge in [0.15, 0.2) is 5.75 Å². The van der Waals surface area contributed by atoms with Crippen molar-refractivity contribution in [1.29, 1.82) is 0 Å². The second kappa shape index (κ2) is 13.5. The molecule has 3 aromatic carbocycles. The first kappa shape index (κ1) is 33.9. The van der Waals surface area contributed by atoms with Crippen LogP contribution in [0.15, 0.2) is 71.6 Å². The van der Waals surface area contributed by atoms with Crippen LogP contribution in [0.3, 0.4) is 0 Å². The fraction of sp³-hybridized carbons (Fsp3) is 0.333. The fourth-order valence-corrected chi connectivity index (χ4v) is 5.86. The summed E-state index contributed by atoms with van der Waals surface area (Å²) >= 11 is 5.91. The molecule has 0 aliphatic carbocycles. The third-order valence-electron chi connectivity index (χ3n) is 7.32. The summed E-state index contributed by atoms with van der Waals surface area (Å²) in [6.45, 7) is 3.19. The summed E-state index contributed by atoms with van der Waals surface area (Å²) in [5.41, 5.74) is -0.698. The van der Waals surface area contributed by atoms with Crippen LogP contribution in [0.5, 0.6) is 5.75 Å². The van der Waals surface area contributed by atoms with Crippen LogP contribution in [-0.2, 0) is 16.2 Å². The lowest BCUT2D eigenvalue weighted by atomic mass is 9.99. The van der Waals surface area contributed by atoms with Gasteiger partial charge in [-0.05, 0) is 67.6 Å². The molecule has 15 heteroatoms. The minimum absolute atomic E-state index is 0.0247. The second-order valence-corrected chi connectivity index (χ2v) is 12.9. The molecule has 45 heavy (non-hydrogen) atoms. The third-order valence-corrected chi connectivity index (χ3v) is 8.96. The smallest absolute Gasteiger partial charge is 0.416 e. The van der Waals surface area contributed by atoms with E-state index in [1.165, 1.54) is 59.3 Å². The molecule has 1 aliphatic heterocycles. The van der Waals surface area contributed by atoms with Gasteiger partial charge >= 0.3 is 12.2 Å². The molecule has 3 atom stereocenters. The Balaban J connectivity index is 1.64. The number of rotatable bonds is 8. The Bertz CT molecular complexity index is 1640. The normalized spacial score (nSPS) is 17.8. The number of para-hydroxylation sites is 1. The number of anilines is 2. The highest BCUT2D eigenvalue weighted by atomic mass is 35.5. The average molecular weight is 669 g/mol. The van der Waals surface area contributed by atoms with Gasteiger partial charge in [0.25, 0.3) is 15.9 Å². The number of carbonyl (C=O) groups excluding carboxylic acids is 2. The Morgan fingerprint density at radius 1 is 1.13 bits per heavy atom. The van der Waals surface area contributed by atoms with Crippen molar-refractivity contribution in [3.05, 3.63) is 82.9 Å². The zero-order valence-electron chi connectivity index (χ0n) is 24.5. The van der Waals surface area contributed by atoms with Gasteiger partial charge in [0, 0.05) is 30.2 Å². The number of nitrogens with zero attached hydrogens (tertiary/aromatic N) is 2. The largest absolute Gasteiger partial charge is 0.485 e. The number of likely N-dealkylation sites (N-methyl/N-ethyl adjacent to an activating group) is 1. The number of alkyl halides is 3. The number of nitrogens with one attached hydrogen (secondary N) is 2. The lowest BCUT2D eigenvalue weighted by Crippen LogP contribution is -2.50. The number of fused-ring (bicyclic) bond motifs is 1. The summed E-state index contributed by atoms with van der Waals surface area (Å²) < 4.78 is 74.1. The zero-order valence-corrected chi connectivity index (χ0v) is 26.1. The number of urea groups is 1. The Kier molecular flexibility index (Phi) is 10.2.